The van der Waals surface area contributed by atoms with Gasteiger partial charge in [-0.15, -0.1) is 0 Å². The largest absolute Gasteiger partial charge is 0.481 e. The lowest BCUT2D eigenvalue weighted by atomic mass is 9.77. The van der Waals surface area contributed by atoms with Crippen molar-refractivity contribution in [3.8, 4) is 22.5 Å². The maximum atomic E-state index is 12.3. The average Bonchev–Trinajstić information content (AvgIpc) is 3.33. The Morgan fingerprint density at radius 3 is 2.24 bits per heavy atom. The highest BCUT2D eigenvalue weighted by atomic mass is 32.2. The molecule has 0 aromatic heterocycles. The lowest BCUT2D eigenvalue weighted by molar-refractivity contribution is -0.137. The van der Waals surface area contributed by atoms with E-state index in [9.17, 15) is 35.8 Å². The minimum Gasteiger partial charge on any atom is -0.481 e. The van der Waals surface area contributed by atoms with Gasteiger partial charge in [0.25, 0.3) is 20.2 Å². The van der Waals surface area contributed by atoms with Crippen molar-refractivity contribution in [2.24, 2.45) is 0 Å². The van der Waals surface area contributed by atoms with Gasteiger partial charge in [-0.1, -0.05) is 30.3 Å². The van der Waals surface area contributed by atoms with Crippen molar-refractivity contribution < 1.29 is 49.7 Å². The van der Waals surface area contributed by atoms with Gasteiger partial charge >= 0.3 is 5.97 Å². The first-order valence-electron chi connectivity index (χ1n) is 17.5. The highest BCUT2D eigenvalue weighted by Gasteiger charge is 2.44. The molecule has 0 saturated carbocycles. The Morgan fingerprint density at radius 2 is 1.63 bits per heavy atom. The smallest absolute Gasteiger partial charge is 0.303 e. The second kappa shape index (κ2) is 17.0. The Hall–Kier alpha value is -4.38. The summed E-state index contributed by atoms with van der Waals surface area (Å²) in [6.07, 6.45) is 2.21. The molecule has 3 N–H and O–H groups in total. The van der Waals surface area contributed by atoms with Crippen LogP contribution in [0.25, 0.3) is 28.5 Å². The monoisotopic (exact) mass is 783 g/mol. The summed E-state index contributed by atoms with van der Waals surface area (Å²) in [6.45, 7) is 6.12. The number of hydrogen-bond acceptors (Lipinski definition) is 9. The van der Waals surface area contributed by atoms with Crippen molar-refractivity contribution >= 4 is 38.0 Å². The van der Waals surface area contributed by atoms with Crippen molar-refractivity contribution in [1.29, 1.82) is 0 Å². The van der Waals surface area contributed by atoms with Crippen LogP contribution < -0.4 is 14.8 Å². The molecule has 0 amide bonds. The molecular weight excluding hydrogens is 737 g/mol. The molecule has 1 unspecified atom stereocenters. The van der Waals surface area contributed by atoms with Crippen LogP contribution in [0.3, 0.4) is 0 Å². The zero-order valence-electron chi connectivity index (χ0n) is 30.8. The van der Waals surface area contributed by atoms with E-state index >= 15 is 0 Å². The van der Waals surface area contributed by atoms with E-state index in [1.807, 2.05) is 73.4 Å². The standard InChI is InChI=1S/C39H46N2O11S2/c1-27-34(52-35-24-29(40(19-21-50-3)20-22-51-4)13-15-31(35)38(27)28-10-6-5-7-11-28)26-36-39(2,17-8-12-37(42)43)32-25-30(54(47,48)49)14-16-33(32)41(36)18-9-23-53(44,45)46/h5-7,10-11,13-16,24-26H,8-9,12,17-23H2,1-4H3,(H2-,42,43,44,45,46,47,48,49)/p+1. The fraction of sp³-hybridized carbons (Fsp3) is 0.385. The van der Waals surface area contributed by atoms with Crippen molar-refractivity contribution in [1.82, 2.24) is 4.58 Å². The van der Waals surface area contributed by atoms with E-state index in [-0.39, 0.29) is 37.1 Å². The summed E-state index contributed by atoms with van der Waals surface area (Å²) in [5.41, 5.74) is 4.18. The van der Waals surface area contributed by atoms with Crippen LogP contribution in [0.15, 0.2) is 81.7 Å². The Labute approximate surface area is 316 Å². The maximum Gasteiger partial charge on any atom is 0.303 e. The van der Waals surface area contributed by atoms with Gasteiger partial charge in [0.05, 0.1) is 16.7 Å². The summed E-state index contributed by atoms with van der Waals surface area (Å²) >= 11 is 0. The molecule has 3 aliphatic rings. The maximum absolute atomic E-state index is 12.3. The molecule has 2 aliphatic heterocycles. The van der Waals surface area contributed by atoms with Crippen LogP contribution in [0.1, 0.15) is 49.5 Å². The molecule has 2 aromatic carbocycles. The zero-order valence-corrected chi connectivity index (χ0v) is 32.5. The third kappa shape index (κ3) is 9.28. The van der Waals surface area contributed by atoms with Crippen LogP contribution in [0.2, 0.25) is 0 Å². The normalized spacial score (nSPS) is 16.6. The molecule has 2 aromatic rings. The first-order chi connectivity index (χ1) is 25.6. The number of anilines is 1. The number of carboxylic acid groups (broad SMARTS) is 1. The molecule has 5 rings (SSSR count). The molecule has 15 heteroatoms. The van der Waals surface area contributed by atoms with Crippen molar-refractivity contribution in [3.63, 3.8) is 0 Å². The fourth-order valence-electron chi connectivity index (χ4n) is 7.19. The average molecular weight is 784 g/mol. The topological polar surface area (TPSA) is 184 Å². The zero-order chi connectivity index (χ0) is 39.3. The summed E-state index contributed by atoms with van der Waals surface area (Å²) in [6, 6.07) is 20.1. The van der Waals surface area contributed by atoms with Crippen molar-refractivity contribution in [2.45, 2.75) is 49.8 Å². The fourth-order valence-corrected chi connectivity index (χ4v) is 8.19. The van der Waals surface area contributed by atoms with E-state index in [4.69, 9.17) is 13.9 Å². The number of hydrogen-bond donors (Lipinski definition) is 3. The van der Waals surface area contributed by atoms with Gasteiger partial charge in [0.1, 0.15) is 24.7 Å². The SMILES string of the molecule is COCC[N+](CCOC)=c1ccc2c(-c3ccccc3)c(C)c(C=C3N(CCCS(=O)(=O)O)c4ccc(S(=O)(=O)O)cc4C3(C)CCCC(=O)O)oc-2c1. The number of aliphatic carboxylic acids is 1. The molecule has 1 atom stereocenters. The Morgan fingerprint density at radius 1 is 0.944 bits per heavy atom. The summed E-state index contributed by atoms with van der Waals surface area (Å²) in [7, 11) is -5.62. The van der Waals surface area contributed by atoms with Crippen LogP contribution in [-0.2, 0) is 39.9 Å². The summed E-state index contributed by atoms with van der Waals surface area (Å²) in [5, 5.41) is 10.4. The van der Waals surface area contributed by atoms with E-state index in [0.717, 1.165) is 27.6 Å². The third-order valence-electron chi connectivity index (χ3n) is 9.88. The number of ether oxygens (including phenoxy) is 2. The van der Waals surface area contributed by atoms with E-state index in [2.05, 4.69) is 4.58 Å². The van der Waals surface area contributed by atoms with Gasteiger partial charge in [-0.05, 0) is 74.1 Å². The quantitative estimate of drug-likeness (QED) is 0.0927. The lowest BCUT2D eigenvalue weighted by Crippen LogP contribution is -2.35. The first-order valence-corrected chi connectivity index (χ1v) is 20.6. The van der Waals surface area contributed by atoms with Gasteiger partial charge in [0, 0.05) is 67.3 Å². The molecular formula is C39H47N2O11S2+. The highest BCUT2D eigenvalue weighted by Crippen LogP contribution is 2.52. The van der Waals surface area contributed by atoms with Crippen LogP contribution in [-0.4, -0.2) is 89.8 Å². The van der Waals surface area contributed by atoms with Crippen LogP contribution in [0.5, 0.6) is 0 Å². The van der Waals surface area contributed by atoms with Crippen LogP contribution >= 0.6 is 0 Å². The van der Waals surface area contributed by atoms with Crippen molar-refractivity contribution in [3.05, 3.63) is 94.7 Å². The molecule has 290 valence electrons. The molecule has 0 saturated heterocycles. The first kappa shape index (κ1) is 40.8. The second-order valence-electron chi connectivity index (χ2n) is 13.5. The Kier molecular flexibility index (Phi) is 12.8. The van der Waals surface area contributed by atoms with E-state index in [1.54, 1.807) is 20.3 Å². The van der Waals surface area contributed by atoms with Gasteiger partial charge in [0.2, 0.25) is 5.36 Å². The van der Waals surface area contributed by atoms with Gasteiger partial charge < -0.3 is 23.9 Å². The van der Waals surface area contributed by atoms with E-state index in [0.29, 0.717) is 54.8 Å². The molecule has 54 heavy (non-hydrogen) atoms. The number of benzene rings is 3. The number of allylic oxidation sites excluding steroid dienone is 1. The van der Waals surface area contributed by atoms with Crippen LogP contribution in [0, 0.1) is 6.92 Å². The van der Waals surface area contributed by atoms with Gasteiger partial charge in [-0.2, -0.15) is 16.8 Å². The summed E-state index contributed by atoms with van der Waals surface area (Å²) in [4.78, 5) is 13.2. The second-order valence-corrected chi connectivity index (χ2v) is 16.5. The molecule has 1 aliphatic carbocycles. The minimum atomic E-state index is -4.61. The van der Waals surface area contributed by atoms with Crippen LogP contribution in [0.4, 0.5) is 5.69 Å². The number of methoxy groups -OCH3 is 2. The van der Waals surface area contributed by atoms with E-state index < -0.39 is 37.4 Å². The highest BCUT2D eigenvalue weighted by molar-refractivity contribution is 7.86. The van der Waals surface area contributed by atoms with Gasteiger partial charge in [-0.3, -0.25) is 13.9 Å². The van der Waals surface area contributed by atoms with E-state index in [1.165, 1.54) is 12.1 Å². The van der Waals surface area contributed by atoms with Crippen molar-refractivity contribution in [2.75, 3.05) is 57.7 Å². The summed E-state index contributed by atoms with van der Waals surface area (Å²) in [5.74, 6) is -0.458. The molecule has 0 radical (unpaired) electrons. The number of carbonyl (C=O) groups is 1. The predicted molar refractivity (Wildman–Crippen MR) is 206 cm³/mol. The third-order valence-corrected chi connectivity index (χ3v) is 11.5. The van der Waals surface area contributed by atoms with Gasteiger partial charge in [0.15, 0.2) is 13.1 Å². The Balaban J connectivity index is 1.82. The lowest BCUT2D eigenvalue weighted by Gasteiger charge is -2.31. The molecule has 0 bridgehead atoms. The molecule has 2 heterocycles. The number of nitrogens with zero attached hydrogens (tertiary/aromatic N) is 2. The molecule has 0 spiro atoms. The van der Waals surface area contributed by atoms with Gasteiger partial charge in [-0.25, -0.2) is 4.58 Å². The molecule has 13 nitrogen and oxygen atoms in total. The molecule has 0 fully saturated rings. The minimum absolute atomic E-state index is 0.0200. The summed E-state index contributed by atoms with van der Waals surface area (Å²) < 4.78 is 87.5. The predicted octanol–water partition coefficient (Wildman–Crippen LogP) is 5.32. The number of carboxylic acids is 1. The number of rotatable bonds is 17. The number of fused-ring (bicyclic) bond motifs is 2. The Bertz CT molecular complexity index is 2270.